The molecule has 1 amide bonds. The lowest BCUT2D eigenvalue weighted by Crippen LogP contribution is -2.48. The molecule has 0 atom stereocenters. The van der Waals surface area contributed by atoms with Gasteiger partial charge in [-0.15, -0.1) is 0 Å². The van der Waals surface area contributed by atoms with Gasteiger partial charge in [-0.25, -0.2) is 0 Å². The minimum absolute atomic E-state index is 0.0474. The van der Waals surface area contributed by atoms with Crippen molar-refractivity contribution in [1.29, 1.82) is 0 Å². The topological polar surface area (TPSA) is 115 Å². The Bertz CT molecular complexity index is 803. The molecule has 0 aliphatic carbocycles. The maximum Gasteiger partial charge on any atom is 0.300 e. The van der Waals surface area contributed by atoms with E-state index < -0.39 is 5.97 Å². The summed E-state index contributed by atoms with van der Waals surface area (Å²) in [6, 6.07) is 11.2. The summed E-state index contributed by atoms with van der Waals surface area (Å²) in [7, 11) is 1.57. The quantitative estimate of drug-likeness (QED) is 0.683. The summed E-state index contributed by atoms with van der Waals surface area (Å²) < 4.78 is 11.1. The minimum atomic E-state index is -0.833. The van der Waals surface area contributed by atoms with Gasteiger partial charge in [0.25, 0.3) is 11.9 Å². The number of pyridine rings is 1. The maximum atomic E-state index is 12.9. The van der Waals surface area contributed by atoms with E-state index in [1.54, 1.807) is 31.5 Å². The second kappa shape index (κ2) is 11.0. The first-order valence-electron chi connectivity index (χ1n) is 9.37. The summed E-state index contributed by atoms with van der Waals surface area (Å²) in [6.07, 6.45) is 2.50. The number of rotatable bonds is 7. The molecule has 1 aromatic carbocycles. The van der Waals surface area contributed by atoms with Crippen LogP contribution in [0, 0.1) is 0 Å². The number of aliphatic carboxylic acids is 1. The molecule has 8 heteroatoms. The molecule has 8 nitrogen and oxygen atoms in total. The van der Waals surface area contributed by atoms with E-state index in [9.17, 15) is 4.79 Å². The van der Waals surface area contributed by atoms with Crippen LogP contribution < -0.4 is 15.2 Å². The zero-order valence-corrected chi connectivity index (χ0v) is 16.7. The Hall–Kier alpha value is -3.13. The van der Waals surface area contributed by atoms with Crippen molar-refractivity contribution in [2.24, 2.45) is 5.73 Å². The van der Waals surface area contributed by atoms with Gasteiger partial charge < -0.3 is 25.2 Å². The number of hydrogen-bond donors (Lipinski definition) is 2. The standard InChI is InChI=1S/C19H23N3O3.C2H4O2/c1-24-17-8-4-6-15(18(17)25-11-5-9-20)19(23)22-12-14(13-22)16-7-2-3-10-21-16;1-2(3)4/h2-4,6-8,10,14H,5,9,11-13,20H2,1H3;1H3,(H,3,4). The van der Waals surface area contributed by atoms with Gasteiger partial charge in [-0.2, -0.15) is 0 Å². The summed E-state index contributed by atoms with van der Waals surface area (Å²) in [5.74, 6) is 0.459. The largest absolute Gasteiger partial charge is 0.493 e. The molecular weight excluding hydrogens is 374 g/mol. The van der Waals surface area contributed by atoms with Gasteiger partial charge in [0.05, 0.1) is 19.3 Å². The lowest BCUT2D eigenvalue weighted by Gasteiger charge is -2.39. The predicted octanol–water partition coefficient (Wildman–Crippen LogP) is 2.15. The van der Waals surface area contributed by atoms with E-state index in [0.29, 0.717) is 43.3 Å². The molecule has 2 heterocycles. The second-order valence-electron chi connectivity index (χ2n) is 6.51. The number of para-hydroxylation sites is 1. The molecule has 1 saturated heterocycles. The van der Waals surface area contributed by atoms with Crippen molar-refractivity contribution < 1.29 is 24.2 Å². The molecule has 1 aliphatic heterocycles. The SMILES string of the molecule is CC(=O)O.COc1cccc(C(=O)N2CC(c3ccccn3)C2)c1OCCCN. The Balaban J connectivity index is 0.000000687. The van der Waals surface area contributed by atoms with Crippen LogP contribution in [0.3, 0.4) is 0 Å². The molecule has 0 radical (unpaired) electrons. The molecule has 0 bridgehead atoms. The van der Waals surface area contributed by atoms with Crippen molar-refractivity contribution >= 4 is 11.9 Å². The van der Waals surface area contributed by atoms with Crippen molar-refractivity contribution in [2.75, 3.05) is 33.4 Å². The van der Waals surface area contributed by atoms with Gasteiger partial charge in [-0.1, -0.05) is 12.1 Å². The Labute approximate surface area is 170 Å². The van der Waals surface area contributed by atoms with Crippen LogP contribution in [-0.4, -0.2) is 60.2 Å². The van der Waals surface area contributed by atoms with Crippen molar-refractivity contribution in [3.8, 4) is 11.5 Å². The average Bonchev–Trinajstić information content (AvgIpc) is 2.67. The van der Waals surface area contributed by atoms with E-state index >= 15 is 0 Å². The van der Waals surface area contributed by atoms with Gasteiger partial charge in [0.1, 0.15) is 0 Å². The first kappa shape index (κ1) is 22.2. The van der Waals surface area contributed by atoms with Crippen LogP contribution in [0.25, 0.3) is 0 Å². The Morgan fingerprint density at radius 2 is 1.97 bits per heavy atom. The molecule has 0 spiro atoms. The zero-order valence-electron chi connectivity index (χ0n) is 16.7. The maximum absolute atomic E-state index is 12.9. The molecule has 156 valence electrons. The van der Waals surface area contributed by atoms with Crippen molar-refractivity contribution in [2.45, 2.75) is 19.3 Å². The third-order valence-corrected chi connectivity index (χ3v) is 4.30. The van der Waals surface area contributed by atoms with E-state index in [2.05, 4.69) is 4.98 Å². The number of benzene rings is 1. The summed E-state index contributed by atoms with van der Waals surface area (Å²) in [6.45, 7) is 3.40. The number of aromatic nitrogens is 1. The number of carbonyl (C=O) groups is 2. The predicted molar refractivity (Wildman–Crippen MR) is 108 cm³/mol. The smallest absolute Gasteiger partial charge is 0.300 e. The van der Waals surface area contributed by atoms with Gasteiger partial charge in [0.2, 0.25) is 0 Å². The number of likely N-dealkylation sites (tertiary alicyclic amines) is 1. The van der Waals surface area contributed by atoms with Gasteiger partial charge in [0, 0.05) is 37.8 Å². The van der Waals surface area contributed by atoms with Crippen LogP contribution in [0.5, 0.6) is 11.5 Å². The second-order valence-corrected chi connectivity index (χ2v) is 6.51. The molecule has 0 unspecified atom stereocenters. The number of hydrogen-bond acceptors (Lipinski definition) is 6. The molecule has 1 aliphatic rings. The van der Waals surface area contributed by atoms with E-state index in [0.717, 1.165) is 19.0 Å². The van der Waals surface area contributed by atoms with E-state index in [-0.39, 0.29) is 11.8 Å². The van der Waals surface area contributed by atoms with Crippen molar-refractivity contribution in [1.82, 2.24) is 9.88 Å². The Kier molecular flexibility index (Phi) is 8.42. The average molecular weight is 401 g/mol. The highest BCUT2D eigenvalue weighted by Gasteiger charge is 2.34. The van der Waals surface area contributed by atoms with Crippen LogP contribution in [-0.2, 0) is 4.79 Å². The van der Waals surface area contributed by atoms with Gasteiger partial charge >= 0.3 is 0 Å². The fraction of sp³-hybridized carbons (Fsp3) is 0.381. The molecule has 2 aromatic rings. The van der Waals surface area contributed by atoms with Crippen LogP contribution in [0.1, 0.15) is 35.3 Å². The van der Waals surface area contributed by atoms with Crippen molar-refractivity contribution in [3.63, 3.8) is 0 Å². The number of carboxylic acids is 1. The van der Waals surface area contributed by atoms with Crippen LogP contribution >= 0.6 is 0 Å². The molecule has 29 heavy (non-hydrogen) atoms. The molecule has 3 N–H and O–H groups in total. The number of methoxy groups -OCH3 is 1. The number of amides is 1. The summed E-state index contributed by atoms with van der Waals surface area (Å²) in [4.78, 5) is 28.0. The van der Waals surface area contributed by atoms with Crippen LogP contribution in [0.2, 0.25) is 0 Å². The Morgan fingerprint density at radius 1 is 1.24 bits per heavy atom. The fourth-order valence-corrected chi connectivity index (χ4v) is 2.87. The highest BCUT2D eigenvalue weighted by molar-refractivity contribution is 5.98. The highest BCUT2D eigenvalue weighted by Crippen LogP contribution is 2.34. The van der Waals surface area contributed by atoms with Gasteiger partial charge in [0.15, 0.2) is 11.5 Å². The van der Waals surface area contributed by atoms with Crippen LogP contribution in [0.15, 0.2) is 42.6 Å². The third kappa shape index (κ3) is 6.18. The van der Waals surface area contributed by atoms with Gasteiger partial charge in [-0.05, 0) is 37.2 Å². The lowest BCUT2D eigenvalue weighted by atomic mass is 9.94. The van der Waals surface area contributed by atoms with Crippen molar-refractivity contribution in [3.05, 3.63) is 53.9 Å². The third-order valence-electron chi connectivity index (χ3n) is 4.30. The van der Waals surface area contributed by atoms with E-state index in [1.807, 2.05) is 23.1 Å². The molecule has 3 rings (SSSR count). The van der Waals surface area contributed by atoms with E-state index in [4.69, 9.17) is 25.1 Å². The normalized spacial score (nSPS) is 13.0. The number of nitrogens with two attached hydrogens (primary N) is 1. The summed E-state index contributed by atoms with van der Waals surface area (Å²) in [5, 5.41) is 7.42. The van der Waals surface area contributed by atoms with E-state index in [1.165, 1.54) is 0 Å². The minimum Gasteiger partial charge on any atom is -0.493 e. The first-order valence-corrected chi connectivity index (χ1v) is 9.37. The summed E-state index contributed by atoms with van der Waals surface area (Å²) >= 11 is 0. The molecule has 1 aromatic heterocycles. The number of carbonyl (C=O) groups excluding carboxylic acids is 1. The van der Waals surface area contributed by atoms with Crippen LogP contribution in [0.4, 0.5) is 0 Å². The van der Waals surface area contributed by atoms with Gasteiger partial charge in [-0.3, -0.25) is 14.6 Å². The monoisotopic (exact) mass is 401 g/mol. The molecular formula is C21H27N3O5. The molecule has 0 saturated carbocycles. The first-order chi connectivity index (χ1) is 14.0. The molecule has 1 fully saturated rings. The highest BCUT2D eigenvalue weighted by atomic mass is 16.5. The number of ether oxygens (including phenoxy) is 2. The zero-order chi connectivity index (χ0) is 21.2. The lowest BCUT2D eigenvalue weighted by molar-refractivity contribution is -0.134. The fourth-order valence-electron chi connectivity index (χ4n) is 2.87. The number of carboxylic acid groups (broad SMARTS) is 1. The summed E-state index contributed by atoms with van der Waals surface area (Å²) in [5.41, 5.74) is 7.07. The Morgan fingerprint density at radius 3 is 2.55 bits per heavy atom. The number of nitrogens with zero attached hydrogens (tertiary/aromatic N) is 2.